The highest BCUT2D eigenvalue weighted by Gasteiger charge is 2.73. The number of urea groups is 1. The first kappa shape index (κ1) is 35.9. The van der Waals surface area contributed by atoms with E-state index in [0.29, 0.717) is 19.3 Å². The third kappa shape index (κ3) is 6.57. The number of nitrogens with zero attached hydrogens (tertiary/aromatic N) is 1. The third-order valence-corrected chi connectivity index (χ3v) is 13.3. The summed E-state index contributed by atoms with van der Waals surface area (Å²) in [6.07, 6.45) is 4.10. The molecule has 12 nitrogen and oxygen atoms in total. The van der Waals surface area contributed by atoms with Crippen molar-refractivity contribution in [3.8, 4) is 0 Å². The van der Waals surface area contributed by atoms with Gasteiger partial charge in [0.25, 0.3) is 5.91 Å². The van der Waals surface area contributed by atoms with Crippen LogP contribution in [0.5, 0.6) is 0 Å². The predicted octanol–water partition coefficient (Wildman–Crippen LogP) is 2.07. The number of piperidine rings is 1. The summed E-state index contributed by atoms with van der Waals surface area (Å²) >= 11 is 0. The van der Waals surface area contributed by atoms with Crippen LogP contribution in [0.4, 0.5) is 4.79 Å². The molecule has 5 N–H and O–H groups in total. The molecular formula is C33H53N5O7S. The second-order valence-corrected chi connectivity index (χ2v) is 18.0. The van der Waals surface area contributed by atoms with E-state index in [0.717, 1.165) is 24.8 Å². The molecule has 13 heteroatoms. The molecule has 46 heavy (non-hydrogen) atoms. The van der Waals surface area contributed by atoms with Gasteiger partial charge in [0.1, 0.15) is 12.1 Å². The van der Waals surface area contributed by atoms with Crippen LogP contribution < -0.4 is 21.7 Å². The van der Waals surface area contributed by atoms with Gasteiger partial charge in [-0.05, 0) is 42.4 Å². The van der Waals surface area contributed by atoms with E-state index in [-0.39, 0.29) is 36.0 Å². The van der Waals surface area contributed by atoms with Gasteiger partial charge in [-0.3, -0.25) is 19.2 Å². The van der Waals surface area contributed by atoms with Crippen LogP contribution in [0, 0.1) is 34.5 Å². The Morgan fingerprint density at radius 2 is 1.63 bits per heavy atom. The van der Waals surface area contributed by atoms with Crippen LogP contribution >= 0.6 is 0 Å². The van der Waals surface area contributed by atoms with Gasteiger partial charge < -0.3 is 26.6 Å². The molecule has 2 heterocycles. The number of fused-ring (bicyclic) bond motifs is 1. The SMILES string of the molecule is C=C1[C@H]2CN(C(=O)[C@@H](NC(=O)NC(C(C)C)C3CCCS3(=O)=O)C(C)(C)C)[C@H](C(=O)NC(CC3CCC3)C(=O)C(N)=O)C12C(C)C. The Labute approximate surface area is 273 Å². The summed E-state index contributed by atoms with van der Waals surface area (Å²) in [5.41, 5.74) is 4.70. The first-order valence-corrected chi connectivity index (χ1v) is 18.4. The molecule has 0 aromatic heterocycles. The van der Waals surface area contributed by atoms with Crippen molar-refractivity contribution < 1.29 is 32.4 Å². The molecule has 4 aliphatic rings. The first-order chi connectivity index (χ1) is 21.2. The van der Waals surface area contributed by atoms with E-state index in [1.54, 1.807) is 20.8 Å². The number of nitrogens with two attached hydrogens (primary N) is 1. The van der Waals surface area contributed by atoms with E-state index in [9.17, 15) is 32.4 Å². The van der Waals surface area contributed by atoms with Crippen LogP contribution in [-0.2, 0) is 29.0 Å². The molecule has 4 rings (SSSR count). The molecule has 2 saturated heterocycles. The lowest BCUT2D eigenvalue weighted by atomic mass is 9.79. The Bertz CT molecular complexity index is 1380. The highest BCUT2D eigenvalue weighted by molar-refractivity contribution is 7.92. The Morgan fingerprint density at radius 1 is 1.00 bits per heavy atom. The van der Waals surface area contributed by atoms with Crippen LogP contribution in [0.15, 0.2) is 12.2 Å². The Balaban J connectivity index is 1.60. The van der Waals surface area contributed by atoms with Gasteiger partial charge in [-0.2, -0.15) is 0 Å². The maximum atomic E-state index is 14.5. The second kappa shape index (κ2) is 12.9. The minimum absolute atomic E-state index is 0.0695. The van der Waals surface area contributed by atoms with Crippen molar-refractivity contribution in [1.29, 1.82) is 0 Å². The predicted molar refractivity (Wildman–Crippen MR) is 174 cm³/mol. The van der Waals surface area contributed by atoms with Gasteiger partial charge >= 0.3 is 6.03 Å². The van der Waals surface area contributed by atoms with Gasteiger partial charge in [-0.15, -0.1) is 0 Å². The minimum Gasteiger partial charge on any atom is -0.363 e. The zero-order valence-electron chi connectivity index (χ0n) is 28.4. The molecular weight excluding hydrogens is 610 g/mol. The summed E-state index contributed by atoms with van der Waals surface area (Å²) in [6.45, 7) is 17.5. The lowest BCUT2D eigenvalue weighted by Crippen LogP contribution is -2.63. The van der Waals surface area contributed by atoms with Crippen molar-refractivity contribution in [2.45, 2.75) is 116 Å². The lowest BCUT2D eigenvalue weighted by molar-refractivity contribution is -0.145. The molecule has 258 valence electrons. The number of sulfone groups is 1. The normalized spacial score (nSPS) is 29.0. The molecule has 0 aromatic rings. The molecule has 0 spiro atoms. The highest BCUT2D eigenvalue weighted by Crippen LogP contribution is 2.69. The molecule has 0 radical (unpaired) electrons. The largest absolute Gasteiger partial charge is 0.363 e. The van der Waals surface area contributed by atoms with E-state index < -0.39 is 79.6 Å². The summed E-state index contributed by atoms with van der Waals surface area (Å²) in [6, 6.07) is -4.46. The molecule has 5 amide bonds. The van der Waals surface area contributed by atoms with E-state index in [4.69, 9.17) is 5.73 Å². The number of carbonyl (C=O) groups excluding carboxylic acids is 5. The van der Waals surface area contributed by atoms with Gasteiger partial charge in [-0.25, -0.2) is 13.2 Å². The quantitative estimate of drug-likeness (QED) is 0.182. The zero-order chi connectivity index (χ0) is 34.5. The van der Waals surface area contributed by atoms with Gasteiger partial charge in [0.15, 0.2) is 9.84 Å². The van der Waals surface area contributed by atoms with Gasteiger partial charge in [-0.1, -0.05) is 79.9 Å². The number of Topliss-reactive ketones (excluding diaryl/α,β-unsaturated/α-hetero) is 1. The monoisotopic (exact) mass is 663 g/mol. The third-order valence-electron chi connectivity index (χ3n) is 11.0. The standard InChI is InChI=1S/C33H53N5O7S/c1-17(2)24(23-13-10-14-46(23,44)45)36-31(43)37-26(32(6,7)8)30(42)38-16-21-19(5)33(21,18(3)4)27(38)29(41)35-22(25(39)28(34)40)15-20-11-9-12-20/h17-18,20-24,26-27H,5,9-16H2,1-4,6-8H3,(H2,34,40)(H,35,41)(H2,36,37,43)/t21-,22?,23?,24?,26-,27-,33?/m1/s1. The Kier molecular flexibility index (Phi) is 10.1. The molecule has 0 bridgehead atoms. The lowest BCUT2D eigenvalue weighted by Gasteiger charge is -2.39. The number of nitrogens with one attached hydrogen (secondary N) is 3. The van der Waals surface area contributed by atoms with Crippen LogP contribution in [0.25, 0.3) is 0 Å². The molecule has 2 saturated carbocycles. The number of primary amides is 1. The highest BCUT2D eigenvalue weighted by atomic mass is 32.2. The fourth-order valence-corrected chi connectivity index (χ4v) is 10.3. The maximum absolute atomic E-state index is 14.5. The van der Waals surface area contributed by atoms with E-state index in [1.165, 1.54) is 4.90 Å². The van der Waals surface area contributed by atoms with Crippen molar-refractivity contribution in [3.63, 3.8) is 0 Å². The van der Waals surface area contributed by atoms with Crippen molar-refractivity contribution in [1.82, 2.24) is 20.9 Å². The van der Waals surface area contributed by atoms with Crippen molar-refractivity contribution >= 4 is 39.4 Å². The zero-order valence-corrected chi connectivity index (χ0v) is 29.2. The first-order valence-electron chi connectivity index (χ1n) is 16.7. The van der Waals surface area contributed by atoms with Gasteiger partial charge in [0, 0.05) is 23.9 Å². The fraction of sp³-hybridized carbons (Fsp3) is 0.788. The summed E-state index contributed by atoms with van der Waals surface area (Å²) in [4.78, 5) is 68.3. The van der Waals surface area contributed by atoms with Crippen LogP contribution in [0.1, 0.15) is 87.0 Å². The topological polar surface area (TPSA) is 185 Å². The van der Waals surface area contributed by atoms with E-state index in [1.807, 2.05) is 27.7 Å². The van der Waals surface area contributed by atoms with Crippen LogP contribution in [-0.4, -0.2) is 84.6 Å². The Hall–Kier alpha value is -2.96. The number of hydrogen-bond donors (Lipinski definition) is 4. The van der Waals surface area contributed by atoms with E-state index >= 15 is 0 Å². The molecule has 7 atom stereocenters. The number of ketones is 1. The van der Waals surface area contributed by atoms with Gasteiger partial charge in [0.2, 0.25) is 17.6 Å². The van der Waals surface area contributed by atoms with Crippen LogP contribution in [0.3, 0.4) is 0 Å². The maximum Gasteiger partial charge on any atom is 0.315 e. The number of carbonyl (C=O) groups is 5. The van der Waals surface area contributed by atoms with E-state index in [2.05, 4.69) is 22.5 Å². The van der Waals surface area contributed by atoms with Gasteiger partial charge in [0.05, 0.1) is 17.0 Å². The Morgan fingerprint density at radius 3 is 2.09 bits per heavy atom. The second-order valence-electron chi connectivity index (χ2n) is 15.6. The molecule has 2 aliphatic heterocycles. The molecule has 4 fully saturated rings. The summed E-state index contributed by atoms with van der Waals surface area (Å²) in [5.74, 6) is -3.10. The number of likely N-dealkylation sites (tertiary alicyclic amines) is 1. The smallest absolute Gasteiger partial charge is 0.315 e. The summed E-state index contributed by atoms with van der Waals surface area (Å²) in [7, 11) is -3.35. The number of rotatable bonds is 12. The summed E-state index contributed by atoms with van der Waals surface area (Å²) in [5, 5.41) is 7.77. The van der Waals surface area contributed by atoms with Crippen molar-refractivity contribution in [3.05, 3.63) is 12.2 Å². The number of amides is 5. The molecule has 2 aliphatic carbocycles. The minimum atomic E-state index is -3.35. The van der Waals surface area contributed by atoms with Crippen LogP contribution in [0.2, 0.25) is 0 Å². The van der Waals surface area contributed by atoms with Crippen molar-refractivity contribution in [2.75, 3.05) is 12.3 Å². The van der Waals surface area contributed by atoms with Crippen molar-refractivity contribution in [2.24, 2.45) is 40.2 Å². The average Bonchev–Trinajstić information content (AvgIpc) is 3.19. The molecule has 0 aromatic carbocycles. The fourth-order valence-electron chi connectivity index (χ4n) is 8.12. The average molecular weight is 664 g/mol. The number of hydrogen-bond acceptors (Lipinski definition) is 7. The summed E-state index contributed by atoms with van der Waals surface area (Å²) < 4.78 is 25.4. The molecule has 4 unspecified atom stereocenters.